The first-order chi connectivity index (χ1) is 13.5. The van der Waals surface area contributed by atoms with Crippen LogP contribution in [-0.2, 0) is 10.0 Å². The van der Waals surface area contributed by atoms with Crippen LogP contribution < -0.4 is 4.90 Å². The Hall–Kier alpha value is -2.95. The first-order valence-electron chi connectivity index (χ1n) is 9.10. The molecule has 0 aliphatic carbocycles. The van der Waals surface area contributed by atoms with Crippen LogP contribution in [0.2, 0.25) is 0 Å². The SMILES string of the molecule is Cc1ccc2nccc(N3CCN(S(=O)(=O)c4ccc(C#N)cc4)CC3)c2c1. The van der Waals surface area contributed by atoms with E-state index in [1.54, 1.807) is 6.20 Å². The van der Waals surface area contributed by atoms with E-state index in [1.807, 2.05) is 24.3 Å². The summed E-state index contributed by atoms with van der Waals surface area (Å²) in [5, 5.41) is 9.98. The van der Waals surface area contributed by atoms with Crippen LogP contribution in [0.3, 0.4) is 0 Å². The van der Waals surface area contributed by atoms with E-state index in [4.69, 9.17) is 5.26 Å². The van der Waals surface area contributed by atoms with Crippen molar-refractivity contribution in [1.82, 2.24) is 9.29 Å². The summed E-state index contributed by atoms with van der Waals surface area (Å²) in [6.45, 7) is 4.11. The Morgan fingerprint density at radius 1 is 1.00 bits per heavy atom. The topological polar surface area (TPSA) is 77.3 Å². The van der Waals surface area contributed by atoms with Crippen LogP contribution in [0.5, 0.6) is 0 Å². The van der Waals surface area contributed by atoms with Gasteiger partial charge in [0.25, 0.3) is 0 Å². The highest BCUT2D eigenvalue weighted by atomic mass is 32.2. The largest absolute Gasteiger partial charge is 0.368 e. The maximum atomic E-state index is 12.9. The van der Waals surface area contributed by atoms with Gasteiger partial charge in [0.2, 0.25) is 10.0 Å². The van der Waals surface area contributed by atoms with Crippen molar-refractivity contribution in [2.45, 2.75) is 11.8 Å². The molecule has 0 saturated carbocycles. The van der Waals surface area contributed by atoms with E-state index in [-0.39, 0.29) is 4.90 Å². The highest BCUT2D eigenvalue weighted by Crippen LogP contribution is 2.28. The molecule has 0 unspecified atom stereocenters. The molecule has 0 spiro atoms. The second-order valence-corrected chi connectivity index (χ2v) is 8.82. The van der Waals surface area contributed by atoms with Crippen molar-refractivity contribution in [1.29, 1.82) is 5.26 Å². The van der Waals surface area contributed by atoms with E-state index in [0.29, 0.717) is 31.7 Å². The van der Waals surface area contributed by atoms with Gasteiger partial charge >= 0.3 is 0 Å². The van der Waals surface area contributed by atoms with Crippen molar-refractivity contribution < 1.29 is 8.42 Å². The minimum atomic E-state index is -3.56. The number of anilines is 1. The lowest BCUT2D eigenvalue weighted by Gasteiger charge is -2.35. The van der Waals surface area contributed by atoms with Crippen molar-refractivity contribution in [3.63, 3.8) is 0 Å². The number of pyridine rings is 1. The molecule has 0 N–H and O–H groups in total. The second-order valence-electron chi connectivity index (χ2n) is 6.88. The molecule has 0 radical (unpaired) electrons. The van der Waals surface area contributed by atoms with Gasteiger partial charge in [0, 0.05) is 43.4 Å². The lowest BCUT2D eigenvalue weighted by Crippen LogP contribution is -2.48. The van der Waals surface area contributed by atoms with Crippen LogP contribution in [0.1, 0.15) is 11.1 Å². The van der Waals surface area contributed by atoms with Crippen molar-refractivity contribution in [3.8, 4) is 6.07 Å². The number of hydrogen-bond donors (Lipinski definition) is 0. The predicted molar refractivity (Wildman–Crippen MR) is 109 cm³/mol. The molecule has 0 amide bonds. The number of aryl methyl sites for hydroxylation is 1. The van der Waals surface area contributed by atoms with E-state index in [9.17, 15) is 8.42 Å². The van der Waals surface area contributed by atoms with Gasteiger partial charge < -0.3 is 4.90 Å². The van der Waals surface area contributed by atoms with Crippen LogP contribution in [0.4, 0.5) is 5.69 Å². The van der Waals surface area contributed by atoms with Crippen LogP contribution in [0.25, 0.3) is 10.9 Å². The molecule has 1 aliphatic heterocycles. The van der Waals surface area contributed by atoms with Crippen molar-refractivity contribution in [2.24, 2.45) is 0 Å². The van der Waals surface area contributed by atoms with Gasteiger partial charge in [0.05, 0.1) is 22.0 Å². The highest BCUT2D eigenvalue weighted by molar-refractivity contribution is 7.89. The quantitative estimate of drug-likeness (QED) is 0.685. The smallest absolute Gasteiger partial charge is 0.243 e. The highest BCUT2D eigenvalue weighted by Gasteiger charge is 2.29. The Balaban J connectivity index is 1.55. The predicted octanol–water partition coefficient (Wildman–Crippen LogP) is 2.93. The summed E-state index contributed by atoms with van der Waals surface area (Å²) < 4.78 is 27.3. The monoisotopic (exact) mass is 392 g/mol. The van der Waals surface area contributed by atoms with Gasteiger partial charge in [-0.15, -0.1) is 0 Å². The summed E-state index contributed by atoms with van der Waals surface area (Å²) in [5.74, 6) is 0. The van der Waals surface area contributed by atoms with Crippen LogP contribution in [-0.4, -0.2) is 43.9 Å². The summed E-state index contributed by atoms with van der Waals surface area (Å²) in [6, 6.07) is 16.3. The fourth-order valence-corrected chi connectivity index (χ4v) is 4.96. The maximum Gasteiger partial charge on any atom is 0.243 e. The first kappa shape index (κ1) is 18.4. The van der Waals surface area contributed by atoms with Gasteiger partial charge in [-0.3, -0.25) is 4.98 Å². The van der Waals surface area contributed by atoms with Crippen LogP contribution in [0, 0.1) is 18.3 Å². The molecule has 7 heteroatoms. The second kappa shape index (κ2) is 7.23. The number of benzene rings is 2. The number of rotatable bonds is 3. The summed E-state index contributed by atoms with van der Waals surface area (Å²) >= 11 is 0. The molecule has 4 rings (SSSR count). The van der Waals surface area contributed by atoms with Crippen LogP contribution in [0.15, 0.2) is 59.6 Å². The van der Waals surface area contributed by atoms with E-state index in [0.717, 1.165) is 16.6 Å². The standard InChI is InChI=1S/C21H20N4O2S/c1-16-2-7-20-19(14-16)21(8-9-23-20)24-10-12-25(13-11-24)28(26,27)18-5-3-17(15-22)4-6-18/h2-9,14H,10-13H2,1H3. The van der Waals surface area contributed by atoms with Gasteiger partial charge in [0.15, 0.2) is 0 Å². The Labute approximate surface area is 164 Å². The minimum absolute atomic E-state index is 0.227. The fraction of sp³-hybridized carbons (Fsp3) is 0.238. The number of fused-ring (bicyclic) bond motifs is 1. The average molecular weight is 392 g/mol. The molecule has 142 valence electrons. The van der Waals surface area contributed by atoms with E-state index in [2.05, 4.69) is 22.9 Å². The maximum absolute atomic E-state index is 12.9. The van der Waals surface area contributed by atoms with E-state index >= 15 is 0 Å². The van der Waals surface area contributed by atoms with Gasteiger partial charge in [-0.2, -0.15) is 9.57 Å². The Morgan fingerprint density at radius 3 is 2.39 bits per heavy atom. The van der Waals surface area contributed by atoms with Crippen molar-refractivity contribution >= 4 is 26.6 Å². The van der Waals surface area contributed by atoms with Crippen molar-refractivity contribution in [3.05, 3.63) is 65.9 Å². The number of nitrogens with zero attached hydrogens (tertiary/aromatic N) is 4. The summed E-state index contributed by atoms with van der Waals surface area (Å²) in [5.41, 5.74) is 3.65. The lowest BCUT2D eigenvalue weighted by atomic mass is 10.1. The number of piperazine rings is 1. The molecule has 2 heterocycles. The molecule has 28 heavy (non-hydrogen) atoms. The van der Waals surface area contributed by atoms with Gasteiger partial charge in [-0.25, -0.2) is 8.42 Å². The summed E-state index contributed by atoms with van der Waals surface area (Å²) in [6.07, 6.45) is 1.80. The molecule has 0 atom stereocenters. The van der Waals surface area contributed by atoms with Crippen molar-refractivity contribution in [2.75, 3.05) is 31.1 Å². The van der Waals surface area contributed by atoms with E-state index in [1.165, 1.54) is 34.1 Å². The minimum Gasteiger partial charge on any atom is -0.368 e. The third-order valence-corrected chi connectivity index (χ3v) is 6.99. The van der Waals surface area contributed by atoms with Gasteiger partial charge in [0.1, 0.15) is 0 Å². The molecule has 1 aliphatic rings. The van der Waals surface area contributed by atoms with Gasteiger partial charge in [-0.1, -0.05) is 11.6 Å². The number of nitriles is 1. The molecule has 6 nitrogen and oxygen atoms in total. The molecular weight excluding hydrogens is 372 g/mol. The third kappa shape index (κ3) is 3.33. The number of hydrogen-bond acceptors (Lipinski definition) is 5. The normalized spacial score (nSPS) is 15.5. The zero-order valence-electron chi connectivity index (χ0n) is 15.5. The Kier molecular flexibility index (Phi) is 4.75. The number of aromatic nitrogens is 1. The zero-order chi connectivity index (χ0) is 19.7. The molecule has 3 aromatic rings. The fourth-order valence-electron chi connectivity index (χ4n) is 3.54. The third-order valence-electron chi connectivity index (χ3n) is 5.07. The Morgan fingerprint density at radius 2 is 1.71 bits per heavy atom. The molecular formula is C21H20N4O2S. The summed E-state index contributed by atoms with van der Waals surface area (Å²) in [4.78, 5) is 6.87. The van der Waals surface area contributed by atoms with Crippen LogP contribution >= 0.6 is 0 Å². The zero-order valence-corrected chi connectivity index (χ0v) is 16.4. The first-order valence-corrected chi connectivity index (χ1v) is 10.5. The molecule has 1 aromatic heterocycles. The average Bonchev–Trinajstić information content (AvgIpc) is 2.73. The number of sulfonamides is 1. The van der Waals surface area contributed by atoms with Gasteiger partial charge in [-0.05, 0) is 49.4 Å². The molecule has 1 fully saturated rings. The lowest BCUT2D eigenvalue weighted by molar-refractivity contribution is 0.385. The molecule has 2 aromatic carbocycles. The summed E-state index contributed by atoms with van der Waals surface area (Å²) in [7, 11) is -3.56. The Bertz CT molecular complexity index is 1160. The van der Waals surface area contributed by atoms with E-state index < -0.39 is 10.0 Å². The molecule has 1 saturated heterocycles. The molecule has 0 bridgehead atoms.